The Labute approximate surface area is 194 Å². The number of para-hydroxylation sites is 1. The van der Waals surface area contributed by atoms with Crippen molar-refractivity contribution in [2.45, 2.75) is 18.4 Å². The third-order valence-electron chi connectivity index (χ3n) is 6.46. The van der Waals surface area contributed by atoms with Gasteiger partial charge in [0.25, 0.3) is 0 Å². The zero-order chi connectivity index (χ0) is 22.6. The van der Waals surface area contributed by atoms with Crippen molar-refractivity contribution >= 4 is 5.69 Å². The zero-order valence-corrected chi connectivity index (χ0v) is 19.0. The van der Waals surface area contributed by atoms with Gasteiger partial charge in [0.1, 0.15) is 24.7 Å². The highest BCUT2D eigenvalue weighted by Crippen LogP contribution is 2.51. The highest BCUT2D eigenvalue weighted by molar-refractivity contribution is 5.62. The number of ether oxygens (including phenoxy) is 4. The molecule has 0 aromatic heterocycles. The van der Waals surface area contributed by atoms with Gasteiger partial charge in [0.05, 0.1) is 20.3 Å². The monoisotopic (exact) mass is 443 g/mol. The number of allylic oxidation sites excluding steroid dienone is 2. The van der Waals surface area contributed by atoms with Crippen LogP contribution in [-0.4, -0.2) is 27.4 Å². The lowest BCUT2D eigenvalue weighted by molar-refractivity contribution is 0.217. The van der Waals surface area contributed by atoms with Crippen LogP contribution in [0.4, 0.5) is 5.69 Å². The van der Waals surface area contributed by atoms with Crippen LogP contribution in [0.1, 0.15) is 29.5 Å². The van der Waals surface area contributed by atoms with E-state index in [4.69, 9.17) is 18.9 Å². The van der Waals surface area contributed by atoms with Crippen molar-refractivity contribution in [2.24, 2.45) is 5.92 Å². The fraction of sp³-hybridized carbons (Fsp3) is 0.286. The maximum absolute atomic E-state index is 6.00. The second-order valence-electron chi connectivity index (χ2n) is 8.35. The van der Waals surface area contributed by atoms with E-state index in [1.54, 1.807) is 14.2 Å². The van der Waals surface area contributed by atoms with E-state index in [0.29, 0.717) is 25.0 Å². The van der Waals surface area contributed by atoms with E-state index in [1.165, 1.54) is 11.1 Å². The summed E-state index contributed by atoms with van der Waals surface area (Å²) in [5.74, 6) is 4.02. The standard InChI is InChI=1S/C28H29NO4/c1-30-26-14-11-19(17-27(26)31-2)28-23-10-6-9-22(23)24-18-21(12-13-25(24)29-28)33-16-15-32-20-7-4-3-5-8-20/h3-9,11-14,17-18,22-23,28-29H,10,15-16H2,1-2H3. The Morgan fingerprint density at radius 1 is 0.818 bits per heavy atom. The second-order valence-corrected chi connectivity index (χ2v) is 8.35. The summed E-state index contributed by atoms with van der Waals surface area (Å²) in [6, 6.07) is 22.5. The van der Waals surface area contributed by atoms with Gasteiger partial charge in [0, 0.05) is 11.6 Å². The van der Waals surface area contributed by atoms with Gasteiger partial charge >= 0.3 is 0 Å². The van der Waals surface area contributed by atoms with Crippen molar-refractivity contribution in [3.8, 4) is 23.0 Å². The molecular weight excluding hydrogens is 414 g/mol. The Bertz CT molecular complexity index is 1130. The molecule has 3 aromatic rings. The first kappa shape index (κ1) is 21.3. The molecule has 3 atom stereocenters. The van der Waals surface area contributed by atoms with Crippen LogP contribution in [0.2, 0.25) is 0 Å². The largest absolute Gasteiger partial charge is 0.493 e. The van der Waals surface area contributed by atoms with Crippen LogP contribution < -0.4 is 24.3 Å². The summed E-state index contributed by atoms with van der Waals surface area (Å²) >= 11 is 0. The van der Waals surface area contributed by atoms with Crippen molar-refractivity contribution in [3.63, 3.8) is 0 Å². The van der Waals surface area contributed by atoms with Crippen LogP contribution in [-0.2, 0) is 0 Å². The van der Waals surface area contributed by atoms with E-state index in [0.717, 1.165) is 35.1 Å². The minimum atomic E-state index is 0.198. The fourth-order valence-corrected chi connectivity index (χ4v) is 4.87. The molecule has 1 aliphatic heterocycles. The van der Waals surface area contributed by atoms with Gasteiger partial charge in [-0.25, -0.2) is 0 Å². The molecule has 3 unspecified atom stereocenters. The van der Waals surface area contributed by atoms with Gasteiger partial charge in [-0.15, -0.1) is 0 Å². The first-order valence-corrected chi connectivity index (χ1v) is 11.4. The number of benzene rings is 3. The second kappa shape index (κ2) is 9.49. The molecule has 170 valence electrons. The van der Waals surface area contributed by atoms with Crippen molar-refractivity contribution in [1.82, 2.24) is 0 Å². The molecule has 0 fully saturated rings. The van der Waals surface area contributed by atoms with E-state index in [-0.39, 0.29) is 6.04 Å². The molecule has 0 radical (unpaired) electrons. The molecule has 0 amide bonds. The molecule has 3 aromatic carbocycles. The Morgan fingerprint density at radius 3 is 2.39 bits per heavy atom. The molecule has 0 spiro atoms. The molecule has 5 heteroatoms. The van der Waals surface area contributed by atoms with Crippen LogP contribution in [0.3, 0.4) is 0 Å². The molecule has 0 saturated carbocycles. The molecule has 1 heterocycles. The maximum Gasteiger partial charge on any atom is 0.161 e. The van der Waals surface area contributed by atoms with Gasteiger partial charge in [-0.05, 0) is 65.9 Å². The summed E-state index contributed by atoms with van der Waals surface area (Å²) < 4.78 is 22.7. The average Bonchev–Trinajstić information content (AvgIpc) is 3.37. The predicted octanol–water partition coefficient (Wildman–Crippen LogP) is 5.99. The molecule has 0 bridgehead atoms. The maximum atomic E-state index is 6.00. The Morgan fingerprint density at radius 2 is 1.61 bits per heavy atom. The predicted molar refractivity (Wildman–Crippen MR) is 130 cm³/mol. The average molecular weight is 444 g/mol. The Hall–Kier alpha value is -3.60. The van der Waals surface area contributed by atoms with Gasteiger partial charge < -0.3 is 24.3 Å². The highest BCUT2D eigenvalue weighted by atomic mass is 16.5. The summed E-state index contributed by atoms with van der Waals surface area (Å²) in [6.45, 7) is 1.01. The van der Waals surface area contributed by atoms with Gasteiger partial charge in [0.15, 0.2) is 11.5 Å². The summed E-state index contributed by atoms with van der Waals surface area (Å²) in [7, 11) is 3.34. The molecule has 5 nitrogen and oxygen atoms in total. The summed E-state index contributed by atoms with van der Waals surface area (Å²) in [5, 5.41) is 3.77. The number of nitrogens with one attached hydrogen (secondary N) is 1. The smallest absolute Gasteiger partial charge is 0.161 e. The third kappa shape index (κ3) is 4.36. The van der Waals surface area contributed by atoms with E-state index in [1.807, 2.05) is 42.5 Å². The van der Waals surface area contributed by atoms with Crippen LogP contribution in [0.25, 0.3) is 0 Å². The van der Waals surface area contributed by atoms with Gasteiger partial charge in [-0.2, -0.15) is 0 Å². The minimum absolute atomic E-state index is 0.198. The normalized spacial score (nSPS) is 20.4. The molecule has 1 N–H and O–H groups in total. The first-order valence-electron chi connectivity index (χ1n) is 11.4. The van der Waals surface area contributed by atoms with Crippen LogP contribution in [0.15, 0.2) is 78.9 Å². The number of fused-ring (bicyclic) bond motifs is 3. The topological polar surface area (TPSA) is 49.0 Å². The number of hydrogen-bond donors (Lipinski definition) is 1. The lowest BCUT2D eigenvalue weighted by atomic mass is 9.77. The third-order valence-corrected chi connectivity index (χ3v) is 6.46. The SMILES string of the molecule is COc1ccc(C2Nc3ccc(OCCOc4ccccc4)cc3C3C=CCC32)cc1OC. The molecule has 2 aliphatic rings. The van der Waals surface area contributed by atoms with E-state index >= 15 is 0 Å². The number of rotatable bonds is 8. The zero-order valence-electron chi connectivity index (χ0n) is 19.0. The lowest BCUT2D eigenvalue weighted by Gasteiger charge is -2.37. The molecular formula is C28H29NO4. The van der Waals surface area contributed by atoms with Crippen molar-refractivity contribution in [1.29, 1.82) is 0 Å². The quantitative estimate of drug-likeness (QED) is 0.342. The summed E-state index contributed by atoms with van der Waals surface area (Å²) in [4.78, 5) is 0. The Kier molecular flexibility index (Phi) is 6.11. The highest BCUT2D eigenvalue weighted by Gasteiger charge is 2.38. The molecule has 0 saturated heterocycles. The molecule has 1 aliphatic carbocycles. The van der Waals surface area contributed by atoms with Crippen molar-refractivity contribution in [2.75, 3.05) is 32.8 Å². The van der Waals surface area contributed by atoms with Crippen molar-refractivity contribution < 1.29 is 18.9 Å². The summed E-state index contributed by atoms with van der Waals surface area (Å²) in [6.07, 6.45) is 5.66. The van der Waals surface area contributed by atoms with E-state index < -0.39 is 0 Å². The van der Waals surface area contributed by atoms with Crippen LogP contribution >= 0.6 is 0 Å². The summed E-state index contributed by atoms with van der Waals surface area (Å²) in [5.41, 5.74) is 3.64. The molecule has 33 heavy (non-hydrogen) atoms. The molecule has 5 rings (SSSR count). The van der Waals surface area contributed by atoms with Gasteiger partial charge in [-0.3, -0.25) is 0 Å². The van der Waals surface area contributed by atoms with Crippen LogP contribution in [0, 0.1) is 5.92 Å². The Balaban J connectivity index is 1.31. The number of methoxy groups -OCH3 is 2. The van der Waals surface area contributed by atoms with Gasteiger partial charge in [0.2, 0.25) is 0 Å². The number of hydrogen-bond acceptors (Lipinski definition) is 5. The first-order chi connectivity index (χ1) is 16.3. The van der Waals surface area contributed by atoms with Crippen LogP contribution in [0.5, 0.6) is 23.0 Å². The fourth-order valence-electron chi connectivity index (χ4n) is 4.87. The van der Waals surface area contributed by atoms with E-state index in [9.17, 15) is 0 Å². The number of anilines is 1. The lowest BCUT2D eigenvalue weighted by Crippen LogP contribution is -2.29. The van der Waals surface area contributed by atoms with Crippen molar-refractivity contribution in [3.05, 3.63) is 90.0 Å². The van der Waals surface area contributed by atoms with E-state index in [2.05, 4.69) is 41.7 Å². The van der Waals surface area contributed by atoms with Gasteiger partial charge in [-0.1, -0.05) is 36.4 Å². The minimum Gasteiger partial charge on any atom is -0.493 e.